The lowest BCUT2D eigenvalue weighted by molar-refractivity contribution is -0.149. The number of nitrogens with zero attached hydrogens (tertiary/aromatic N) is 2. The van der Waals surface area contributed by atoms with Gasteiger partial charge < -0.3 is 9.80 Å². The average molecular weight is 172 g/mol. The Hall–Kier alpha value is -1.06. The van der Waals surface area contributed by atoms with Gasteiger partial charge in [-0.3, -0.25) is 9.59 Å². The van der Waals surface area contributed by atoms with Gasteiger partial charge in [-0.15, -0.1) is 0 Å². The lowest BCUT2D eigenvalue weighted by Gasteiger charge is -2.17. The third kappa shape index (κ3) is 2.90. The summed E-state index contributed by atoms with van der Waals surface area (Å²) in [6, 6.07) is 0. The molecule has 0 fully saturated rings. The Morgan fingerprint density at radius 2 is 1.58 bits per heavy atom. The Morgan fingerprint density at radius 3 is 1.92 bits per heavy atom. The second-order valence-corrected chi connectivity index (χ2v) is 2.93. The van der Waals surface area contributed by atoms with Crippen molar-refractivity contribution < 1.29 is 9.59 Å². The molecule has 0 saturated carbocycles. The SMILES string of the molecule is CCCN(C)C(=O)C(=O)N(C)C. The van der Waals surface area contributed by atoms with E-state index in [0.29, 0.717) is 6.54 Å². The van der Waals surface area contributed by atoms with E-state index in [4.69, 9.17) is 0 Å². The average Bonchev–Trinajstić information content (AvgIpc) is 2.02. The van der Waals surface area contributed by atoms with E-state index in [1.165, 1.54) is 9.80 Å². The molecule has 0 heterocycles. The summed E-state index contributed by atoms with van der Waals surface area (Å²) in [5, 5.41) is 0. The van der Waals surface area contributed by atoms with Crippen LogP contribution in [-0.4, -0.2) is 49.3 Å². The molecule has 0 aromatic rings. The summed E-state index contributed by atoms with van der Waals surface area (Å²) in [4.78, 5) is 25.0. The van der Waals surface area contributed by atoms with Gasteiger partial charge in [0.05, 0.1) is 0 Å². The summed E-state index contributed by atoms with van der Waals surface area (Å²) in [5.41, 5.74) is 0. The number of rotatable bonds is 2. The van der Waals surface area contributed by atoms with E-state index in [0.717, 1.165) is 6.42 Å². The molecule has 0 aromatic heterocycles. The van der Waals surface area contributed by atoms with Crippen molar-refractivity contribution in [2.45, 2.75) is 13.3 Å². The summed E-state index contributed by atoms with van der Waals surface area (Å²) in [6.07, 6.45) is 0.864. The molecule has 0 saturated heterocycles. The Labute approximate surface area is 73.1 Å². The van der Waals surface area contributed by atoms with Crippen molar-refractivity contribution in [1.82, 2.24) is 9.80 Å². The van der Waals surface area contributed by atoms with Gasteiger partial charge in [0.1, 0.15) is 0 Å². The zero-order valence-corrected chi connectivity index (χ0v) is 8.13. The van der Waals surface area contributed by atoms with Crippen molar-refractivity contribution in [2.75, 3.05) is 27.7 Å². The first-order valence-electron chi connectivity index (χ1n) is 3.97. The number of amides is 2. The van der Waals surface area contributed by atoms with Crippen LogP contribution in [0.5, 0.6) is 0 Å². The summed E-state index contributed by atoms with van der Waals surface area (Å²) >= 11 is 0. The predicted octanol–water partition coefficient (Wildman–Crippen LogP) is -0.0570. The van der Waals surface area contributed by atoms with Crippen LogP contribution in [-0.2, 0) is 9.59 Å². The molecule has 0 aromatic carbocycles. The number of carbonyl (C=O) groups is 2. The molecule has 0 radical (unpaired) electrons. The molecule has 0 bridgehead atoms. The standard InChI is InChI=1S/C8H16N2O2/c1-5-6-10(4)8(12)7(11)9(2)3/h5-6H2,1-4H3. The maximum absolute atomic E-state index is 11.2. The second-order valence-electron chi connectivity index (χ2n) is 2.93. The molecule has 0 aliphatic heterocycles. The van der Waals surface area contributed by atoms with Gasteiger partial charge in [0.25, 0.3) is 0 Å². The molecule has 2 amide bonds. The van der Waals surface area contributed by atoms with Crippen LogP contribution in [0.25, 0.3) is 0 Å². The molecular formula is C8H16N2O2. The van der Waals surface area contributed by atoms with Gasteiger partial charge in [-0.05, 0) is 6.42 Å². The first kappa shape index (κ1) is 10.9. The minimum absolute atomic E-state index is 0.443. The lowest BCUT2D eigenvalue weighted by atomic mass is 10.4. The lowest BCUT2D eigenvalue weighted by Crippen LogP contribution is -2.40. The molecule has 12 heavy (non-hydrogen) atoms. The maximum atomic E-state index is 11.2. The fraction of sp³-hybridized carbons (Fsp3) is 0.750. The first-order valence-corrected chi connectivity index (χ1v) is 3.97. The van der Waals surface area contributed by atoms with Crippen molar-refractivity contribution in [2.24, 2.45) is 0 Å². The van der Waals surface area contributed by atoms with Gasteiger partial charge in [0, 0.05) is 27.7 Å². The number of likely N-dealkylation sites (N-methyl/N-ethyl adjacent to an activating group) is 2. The molecule has 0 N–H and O–H groups in total. The monoisotopic (exact) mass is 172 g/mol. The van der Waals surface area contributed by atoms with Crippen LogP contribution in [0.1, 0.15) is 13.3 Å². The van der Waals surface area contributed by atoms with Crippen LogP contribution in [0.2, 0.25) is 0 Å². The van der Waals surface area contributed by atoms with Crippen molar-refractivity contribution in [3.8, 4) is 0 Å². The van der Waals surface area contributed by atoms with E-state index in [2.05, 4.69) is 0 Å². The fourth-order valence-corrected chi connectivity index (χ4v) is 0.792. The zero-order valence-electron chi connectivity index (χ0n) is 8.13. The van der Waals surface area contributed by atoms with Crippen molar-refractivity contribution in [1.29, 1.82) is 0 Å². The molecule has 0 aliphatic carbocycles. The van der Waals surface area contributed by atoms with Crippen LogP contribution in [0.4, 0.5) is 0 Å². The maximum Gasteiger partial charge on any atom is 0.311 e. The van der Waals surface area contributed by atoms with E-state index in [9.17, 15) is 9.59 Å². The Morgan fingerprint density at radius 1 is 1.08 bits per heavy atom. The topological polar surface area (TPSA) is 40.6 Å². The molecule has 0 aliphatic rings. The highest BCUT2D eigenvalue weighted by atomic mass is 16.2. The summed E-state index contributed by atoms with van der Waals surface area (Å²) in [7, 11) is 4.77. The van der Waals surface area contributed by atoms with Crippen LogP contribution in [0, 0.1) is 0 Å². The third-order valence-corrected chi connectivity index (χ3v) is 1.49. The molecule has 70 valence electrons. The van der Waals surface area contributed by atoms with Gasteiger partial charge in [0.2, 0.25) is 0 Å². The van der Waals surface area contributed by atoms with Crippen LogP contribution in [0.15, 0.2) is 0 Å². The zero-order chi connectivity index (χ0) is 9.72. The summed E-state index contributed by atoms with van der Waals surface area (Å²) in [6.45, 7) is 2.59. The van der Waals surface area contributed by atoms with E-state index in [-0.39, 0.29) is 0 Å². The van der Waals surface area contributed by atoms with Crippen molar-refractivity contribution in [3.63, 3.8) is 0 Å². The van der Waals surface area contributed by atoms with E-state index in [1.807, 2.05) is 6.92 Å². The van der Waals surface area contributed by atoms with E-state index in [1.54, 1.807) is 21.1 Å². The normalized spacial score (nSPS) is 9.33. The van der Waals surface area contributed by atoms with Crippen molar-refractivity contribution >= 4 is 11.8 Å². The highest BCUT2D eigenvalue weighted by Crippen LogP contribution is 1.91. The molecule has 4 nitrogen and oxygen atoms in total. The van der Waals surface area contributed by atoms with E-state index >= 15 is 0 Å². The third-order valence-electron chi connectivity index (χ3n) is 1.49. The van der Waals surface area contributed by atoms with Gasteiger partial charge in [0.15, 0.2) is 0 Å². The largest absolute Gasteiger partial charge is 0.341 e. The van der Waals surface area contributed by atoms with Crippen LogP contribution >= 0.6 is 0 Å². The Bertz CT molecular complexity index is 178. The van der Waals surface area contributed by atoms with E-state index < -0.39 is 11.8 Å². The smallest absolute Gasteiger partial charge is 0.311 e. The molecular weight excluding hydrogens is 156 g/mol. The minimum atomic E-state index is -0.467. The summed E-state index contributed by atoms with van der Waals surface area (Å²) < 4.78 is 0. The van der Waals surface area contributed by atoms with Crippen LogP contribution in [0.3, 0.4) is 0 Å². The molecule has 0 spiro atoms. The Balaban J connectivity index is 4.10. The molecule has 0 unspecified atom stereocenters. The van der Waals surface area contributed by atoms with Gasteiger partial charge in [-0.1, -0.05) is 6.92 Å². The second kappa shape index (κ2) is 4.74. The Kier molecular flexibility index (Phi) is 4.33. The minimum Gasteiger partial charge on any atom is -0.341 e. The number of hydrogen-bond donors (Lipinski definition) is 0. The van der Waals surface area contributed by atoms with Gasteiger partial charge in [-0.25, -0.2) is 0 Å². The number of hydrogen-bond acceptors (Lipinski definition) is 2. The fourth-order valence-electron chi connectivity index (χ4n) is 0.792. The molecule has 0 rings (SSSR count). The highest BCUT2D eigenvalue weighted by molar-refractivity contribution is 6.34. The first-order chi connectivity index (χ1) is 5.50. The highest BCUT2D eigenvalue weighted by Gasteiger charge is 2.18. The quantitative estimate of drug-likeness (QED) is 0.548. The molecule has 4 heteroatoms. The van der Waals surface area contributed by atoms with Crippen molar-refractivity contribution in [3.05, 3.63) is 0 Å². The molecule has 0 atom stereocenters. The number of carbonyl (C=O) groups excluding carboxylic acids is 2. The van der Waals surface area contributed by atoms with Crippen LogP contribution < -0.4 is 0 Å². The van der Waals surface area contributed by atoms with Gasteiger partial charge >= 0.3 is 11.8 Å². The van der Waals surface area contributed by atoms with Gasteiger partial charge in [-0.2, -0.15) is 0 Å². The predicted molar refractivity (Wildman–Crippen MR) is 46.6 cm³/mol. The summed E-state index contributed by atoms with van der Waals surface area (Å²) in [5.74, 6) is -0.909.